The van der Waals surface area contributed by atoms with Crippen molar-refractivity contribution in [2.45, 2.75) is 13.8 Å². The second-order valence-electron chi connectivity index (χ2n) is 6.93. The third-order valence-electron chi connectivity index (χ3n) is 4.15. The van der Waals surface area contributed by atoms with Crippen LogP contribution >= 0.6 is 53.1 Å². The topological polar surface area (TPSA) is 98.8 Å². The summed E-state index contributed by atoms with van der Waals surface area (Å²) in [6.07, 6.45) is 0. The smallest absolute Gasteiger partial charge is 0.381 e. The summed E-state index contributed by atoms with van der Waals surface area (Å²) in [5.41, 5.74) is -0.442. The van der Waals surface area contributed by atoms with Gasteiger partial charge in [0.15, 0.2) is 5.15 Å². The Morgan fingerprint density at radius 1 is 0.949 bits per heavy atom. The number of carbonyl (C=O) groups excluding carboxylic acids is 2. The van der Waals surface area contributed by atoms with E-state index >= 15 is 0 Å². The van der Waals surface area contributed by atoms with Crippen LogP contribution in [0.4, 0.5) is 19.3 Å². The van der Waals surface area contributed by atoms with Gasteiger partial charge < -0.3 is 9.84 Å². The number of hydrogen-bond donors (Lipinski definition) is 2. The lowest BCUT2D eigenvalue weighted by Gasteiger charge is -2.20. The summed E-state index contributed by atoms with van der Waals surface area (Å²) in [5, 5.41) is 5.15. The molecule has 2 aromatic carbocycles. The third-order valence-corrected chi connectivity index (χ3v) is 7.74. The number of urea groups is 1. The third kappa shape index (κ3) is 10.4. The summed E-state index contributed by atoms with van der Waals surface area (Å²) in [6.45, 7) is 1.37. The first kappa shape index (κ1) is 33.1. The van der Waals surface area contributed by atoms with E-state index in [0.29, 0.717) is 23.9 Å². The molecule has 0 atom stereocenters. The van der Waals surface area contributed by atoms with Crippen molar-refractivity contribution in [1.82, 2.24) is 10.3 Å². The molecular formula is C23H20Cl4F2N3O5PS. The van der Waals surface area contributed by atoms with Crippen LogP contribution < -0.4 is 15.2 Å². The van der Waals surface area contributed by atoms with E-state index < -0.39 is 35.9 Å². The normalized spacial score (nSPS) is 10.8. The second-order valence-corrected chi connectivity index (χ2v) is 11.5. The van der Waals surface area contributed by atoms with E-state index in [1.54, 1.807) is 13.8 Å². The number of pyridine rings is 1. The molecule has 0 aliphatic heterocycles. The summed E-state index contributed by atoms with van der Waals surface area (Å²) < 4.78 is 42.8. The molecule has 0 saturated carbocycles. The van der Waals surface area contributed by atoms with Gasteiger partial charge in [-0.1, -0.05) is 52.5 Å². The molecule has 0 spiro atoms. The summed E-state index contributed by atoms with van der Waals surface area (Å²) in [4.78, 5) is 27.2. The SMILES string of the molecule is CCOP(=S)(OCC)Oc1nc(Cl)c(Cl)cc1Cl.O=C(NC(=O)c1c(F)cccc1F)Nc1ccc(Cl)cc1. The first-order valence-corrected chi connectivity index (χ1v) is 14.9. The number of nitrogens with one attached hydrogen (secondary N) is 2. The van der Waals surface area contributed by atoms with E-state index in [2.05, 4.69) is 10.3 Å². The van der Waals surface area contributed by atoms with Crippen LogP contribution in [-0.2, 0) is 20.9 Å². The molecule has 8 nitrogen and oxygen atoms in total. The van der Waals surface area contributed by atoms with Crippen LogP contribution in [-0.4, -0.2) is 30.1 Å². The van der Waals surface area contributed by atoms with Crippen molar-refractivity contribution < 1.29 is 31.9 Å². The maximum absolute atomic E-state index is 13.4. The number of amides is 3. The molecule has 0 aliphatic carbocycles. The van der Waals surface area contributed by atoms with Crippen LogP contribution in [0.15, 0.2) is 48.5 Å². The molecule has 210 valence electrons. The molecule has 16 heteroatoms. The monoisotopic (exact) mass is 659 g/mol. The van der Waals surface area contributed by atoms with Crippen LogP contribution in [0, 0.1) is 11.6 Å². The zero-order chi connectivity index (χ0) is 29.2. The minimum atomic E-state index is -2.92. The Morgan fingerprint density at radius 2 is 1.51 bits per heavy atom. The largest absolute Gasteiger partial charge is 0.404 e. The molecule has 0 saturated heterocycles. The van der Waals surface area contributed by atoms with E-state index in [1.165, 1.54) is 30.3 Å². The molecule has 3 amide bonds. The molecule has 0 radical (unpaired) electrons. The molecule has 1 aromatic heterocycles. The molecule has 0 fully saturated rings. The predicted molar refractivity (Wildman–Crippen MR) is 152 cm³/mol. The van der Waals surface area contributed by atoms with Gasteiger partial charge in [0, 0.05) is 22.5 Å². The lowest BCUT2D eigenvalue weighted by molar-refractivity contribution is 0.0959. The number of nitrogens with zero attached hydrogens (tertiary/aromatic N) is 1. The molecule has 39 heavy (non-hydrogen) atoms. The number of anilines is 1. The van der Waals surface area contributed by atoms with Crippen molar-refractivity contribution in [3.05, 3.63) is 85.9 Å². The fourth-order valence-corrected chi connectivity index (χ4v) is 5.30. The van der Waals surface area contributed by atoms with Gasteiger partial charge in [-0.15, -0.1) is 0 Å². The maximum atomic E-state index is 13.4. The first-order chi connectivity index (χ1) is 18.4. The Labute approximate surface area is 248 Å². The Hall–Kier alpha value is -2.08. The lowest BCUT2D eigenvalue weighted by atomic mass is 10.2. The standard InChI is InChI=1S/C14H9ClF2N2O2.C9H11Cl3NO3PS/c15-8-4-6-9(7-5-8)18-14(21)19-13(20)12-10(16)2-1-3-11(12)17;1-3-14-17(18,15-4-2)16-9-7(11)5-6(10)8(12)13-9/h1-7H,(H2,18,19,20,21);5H,3-4H2,1-2H3. The van der Waals surface area contributed by atoms with E-state index in [0.717, 1.165) is 18.2 Å². The highest BCUT2D eigenvalue weighted by Crippen LogP contribution is 2.51. The van der Waals surface area contributed by atoms with E-state index in [-0.39, 0.29) is 21.1 Å². The van der Waals surface area contributed by atoms with Gasteiger partial charge in [0.05, 0.1) is 18.2 Å². The molecule has 3 rings (SSSR count). The van der Waals surface area contributed by atoms with Gasteiger partial charge >= 0.3 is 12.7 Å². The summed E-state index contributed by atoms with van der Waals surface area (Å²) >= 11 is 28.4. The van der Waals surface area contributed by atoms with Gasteiger partial charge in [-0.05, 0) is 56.3 Å². The minimum Gasteiger partial charge on any atom is -0.404 e. The van der Waals surface area contributed by atoms with Crippen molar-refractivity contribution in [1.29, 1.82) is 0 Å². The van der Waals surface area contributed by atoms with Crippen molar-refractivity contribution in [2.75, 3.05) is 18.5 Å². The first-order valence-electron chi connectivity index (χ1n) is 10.8. The van der Waals surface area contributed by atoms with Crippen LogP contribution in [0.25, 0.3) is 0 Å². The molecule has 3 aromatic rings. The van der Waals surface area contributed by atoms with Gasteiger partial charge in [-0.3, -0.25) is 19.2 Å². The molecule has 1 heterocycles. The quantitative estimate of drug-likeness (QED) is 0.185. The fourth-order valence-electron chi connectivity index (χ4n) is 2.58. The zero-order valence-electron chi connectivity index (χ0n) is 20.1. The van der Waals surface area contributed by atoms with Crippen LogP contribution in [0.1, 0.15) is 24.2 Å². The number of benzene rings is 2. The van der Waals surface area contributed by atoms with E-state index in [9.17, 15) is 18.4 Å². The Balaban J connectivity index is 0.000000277. The maximum Gasteiger partial charge on any atom is 0.381 e. The Morgan fingerprint density at radius 3 is 2.05 bits per heavy atom. The van der Waals surface area contributed by atoms with E-state index in [4.69, 9.17) is 71.8 Å². The molecule has 0 aliphatic rings. The zero-order valence-corrected chi connectivity index (χ0v) is 24.9. The number of aromatic nitrogens is 1. The van der Waals surface area contributed by atoms with Gasteiger partial charge in [0.2, 0.25) is 5.88 Å². The number of imide groups is 1. The van der Waals surface area contributed by atoms with Crippen molar-refractivity contribution >= 4 is 82.6 Å². The van der Waals surface area contributed by atoms with Crippen molar-refractivity contribution in [3.63, 3.8) is 0 Å². The summed E-state index contributed by atoms with van der Waals surface area (Å²) in [7, 11) is 0. The molecular weight excluding hydrogens is 641 g/mol. The Kier molecular flexibility index (Phi) is 13.3. The minimum absolute atomic E-state index is 0.0521. The van der Waals surface area contributed by atoms with E-state index in [1.807, 2.05) is 5.32 Å². The molecule has 0 bridgehead atoms. The highest BCUT2D eigenvalue weighted by atomic mass is 35.5. The van der Waals surface area contributed by atoms with Crippen molar-refractivity contribution in [3.8, 4) is 5.88 Å². The average molecular weight is 661 g/mol. The summed E-state index contributed by atoms with van der Waals surface area (Å²) in [6, 6.07) is 9.58. The van der Waals surface area contributed by atoms with Gasteiger partial charge in [0.1, 0.15) is 22.2 Å². The summed E-state index contributed by atoms with van der Waals surface area (Å²) in [5.74, 6) is -3.22. The highest BCUT2D eigenvalue weighted by molar-refractivity contribution is 8.07. The number of halogens is 6. The lowest BCUT2D eigenvalue weighted by Crippen LogP contribution is -2.35. The second kappa shape index (κ2) is 15.6. The predicted octanol–water partition coefficient (Wildman–Crippen LogP) is 8.30. The number of rotatable bonds is 8. The highest BCUT2D eigenvalue weighted by Gasteiger charge is 2.24. The van der Waals surface area contributed by atoms with Gasteiger partial charge in [-0.25, -0.2) is 13.6 Å². The Bertz CT molecular complexity index is 1340. The van der Waals surface area contributed by atoms with Crippen molar-refractivity contribution in [2.24, 2.45) is 0 Å². The number of hydrogen-bond acceptors (Lipinski definition) is 7. The van der Waals surface area contributed by atoms with Gasteiger partial charge in [0.25, 0.3) is 5.91 Å². The van der Waals surface area contributed by atoms with Crippen LogP contribution in [0.2, 0.25) is 20.2 Å². The van der Waals surface area contributed by atoms with Crippen LogP contribution in [0.5, 0.6) is 5.88 Å². The number of carbonyl (C=O) groups is 2. The van der Waals surface area contributed by atoms with Crippen LogP contribution in [0.3, 0.4) is 0 Å². The molecule has 2 N–H and O–H groups in total. The molecule has 0 unspecified atom stereocenters. The fraction of sp³-hybridized carbons (Fsp3) is 0.174. The van der Waals surface area contributed by atoms with Gasteiger partial charge in [-0.2, -0.15) is 4.98 Å². The average Bonchev–Trinajstić information content (AvgIpc) is 2.84.